The molecule has 0 aliphatic rings. The third kappa shape index (κ3) is 3.14. The number of pyridine rings is 1. The fourth-order valence-electron chi connectivity index (χ4n) is 1.83. The number of nitrogens with zero attached hydrogens (tertiary/aromatic N) is 1. The molecule has 1 N–H and O–H groups in total. The SMILES string of the molecule is CNC(C)Cc1ccc(-c2ccncc2)cc1. The Morgan fingerprint density at radius 3 is 2.18 bits per heavy atom. The third-order valence-electron chi connectivity index (χ3n) is 3.00. The summed E-state index contributed by atoms with van der Waals surface area (Å²) in [5, 5.41) is 3.25. The molecule has 0 aliphatic carbocycles. The molecule has 0 radical (unpaired) electrons. The number of likely N-dealkylation sites (N-methyl/N-ethyl adjacent to an activating group) is 1. The molecule has 0 aliphatic heterocycles. The molecule has 0 saturated carbocycles. The fraction of sp³-hybridized carbons (Fsp3) is 0.267. The topological polar surface area (TPSA) is 24.9 Å². The van der Waals surface area contributed by atoms with Crippen LogP contribution in [0.5, 0.6) is 0 Å². The smallest absolute Gasteiger partial charge is 0.0273 e. The summed E-state index contributed by atoms with van der Waals surface area (Å²) in [6.45, 7) is 2.19. The molecule has 0 amide bonds. The summed E-state index contributed by atoms with van der Waals surface area (Å²) in [5.74, 6) is 0. The van der Waals surface area contributed by atoms with Crippen LogP contribution in [0.2, 0.25) is 0 Å². The van der Waals surface area contributed by atoms with Gasteiger partial charge < -0.3 is 5.32 Å². The van der Waals surface area contributed by atoms with E-state index in [0.717, 1.165) is 6.42 Å². The summed E-state index contributed by atoms with van der Waals surface area (Å²) in [5.41, 5.74) is 3.83. The van der Waals surface area contributed by atoms with Gasteiger partial charge in [0.1, 0.15) is 0 Å². The average molecular weight is 226 g/mol. The molecule has 2 aromatic rings. The Bertz CT molecular complexity index is 448. The van der Waals surface area contributed by atoms with Gasteiger partial charge in [-0.1, -0.05) is 24.3 Å². The standard InChI is InChI=1S/C15H18N2/c1-12(16-2)11-13-3-5-14(6-4-13)15-7-9-17-10-8-15/h3-10,12,16H,11H2,1-2H3. The van der Waals surface area contributed by atoms with Crippen LogP contribution < -0.4 is 5.32 Å². The first-order valence-corrected chi connectivity index (χ1v) is 5.96. The lowest BCUT2D eigenvalue weighted by atomic mass is 10.0. The van der Waals surface area contributed by atoms with Crippen LogP contribution in [0.3, 0.4) is 0 Å². The van der Waals surface area contributed by atoms with E-state index >= 15 is 0 Å². The van der Waals surface area contributed by atoms with Gasteiger partial charge in [0, 0.05) is 18.4 Å². The second-order valence-corrected chi connectivity index (χ2v) is 4.33. The minimum absolute atomic E-state index is 0.516. The second-order valence-electron chi connectivity index (χ2n) is 4.33. The summed E-state index contributed by atoms with van der Waals surface area (Å²) >= 11 is 0. The highest BCUT2D eigenvalue weighted by molar-refractivity contribution is 5.62. The Balaban J connectivity index is 2.13. The van der Waals surface area contributed by atoms with Crippen LogP contribution in [0, 0.1) is 0 Å². The van der Waals surface area contributed by atoms with Gasteiger partial charge in [-0.05, 0) is 49.2 Å². The van der Waals surface area contributed by atoms with Crippen molar-refractivity contribution in [2.45, 2.75) is 19.4 Å². The van der Waals surface area contributed by atoms with Crippen molar-refractivity contribution < 1.29 is 0 Å². The van der Waals surface area contributed by atoms with E-state index in [1.54, 1.807) is 0 Å². The summed E-state index contributed by atoms with van der Waals surface area (Å²) in [6, 6.07) is 13.3. The van der Waals surface area contributed by atoms with Crippen LogP contribution in [0.4, 0.5) is 0 Å². The fourth-order valence-corrected chi connectivity index (χ4v) is 1.83. The van der Waals surface area contributed by atoms with Gasteiger partial charge in [0.05, 0.1) is 0 Å². The molecule has 0 fully saturated rings. The molecule has 1 atom stereocenters. The molecule has 2 heteroatoms. The summed E-state index contributed by atoms with van der Waals surface area (Å²) in [7, 11) is 2.00. The zero-order valence-electron chi connectivity index (χ0n) is 10.4. The molecule has 0 spiro atoms. The van der Waals surface area contributed by atoms with Crippen molar-refractivity contribution in [3.63, 3.8) is 0 Å². The minimum Gasteiger partial charge on any atom is -0.317 e. The zero-order valence-corrected chi connectivity index (χ0v) is 10.4. The van der Waals surface area contributed by atoms with Gasteiger partial charge >= 0.3 is 0 Å². The van der Waals surface area contributed by atoms with E-state index in [2.05, 4.69) is 41.5 Å². The van der Waals surface area contributed by atoms with Crippen molar-refractivity contribution in [3.8, 4) is 11.1 Å². The van der Waals surface area contributed by atoms with Crippen LogP contribution in [0.25, 0.3) is 11.1 Å². The Kier molecular flexibility index (Phi) is 3.89. The van der Waals surface area contributed by atoms with E-state index in [0.29, 0.717) is 6.04 Å². The summed E-state index contributed by atoms with van der Waals surface area (Å²) in [6.07, 6.45) is 4.71. The van der Waals surface area contributed by atoms with Gasteiger partial charge in [0.25, 0.3) is 0 Å². The molecule has 17 heavy (non-hydrogen) atoms. The van der Waals surface area contributed by atoms with E-state index < -0.39 is 0 Å². The highest BCUT2D eigenvalue weighted by atomic mass is 14.8. The van der Waals surface area contributed by atoms with Gasteiger partial charge in [-0.2, -0.15) is 0 Å². The molecule has 88 valence electrons. The zero-order chi connectivity index (χ0) is 12.1. The number of nitrogens with one attached hydrogen (secondary N) is 1. The van der Waals surface area contributed by atoms with E-state index in [-0.39, 0.29) is 0 Å². The maximum absolute atomic E-state index is 4.03. The Morgan fingerprint density at radius 1 is 1.00 bits per heavy atom. The molecule has 2 nitrogen and oxygen atoms in total. The van der Waals surface area contributed by atoms with Gasteiger partial charge in [-0.3, -0.25) is 4.98 Å². The highest BCUT2D eigenvalue weighted by Gasteiger charge is 2.01. The maximum atomic E-state index is 4.03. The number of aromatic nitrogens is 1. The predicted molar refractivity (Wildman–Crippen MR) is 71.9 cm³/mol. The summed E-state index contributed by atoms with van der Waals surface area (Å²) in [4.78, 5) is 4.03. The van der Waals surface area contributed by atoms with Gasteiger partial charge in [0.15, 0.2) is 0 Å². The van der Waals surface area contributed by atoms with Crippen molar-refractivity contribution in [2.75, 3.05) is 7.05 Å². The summed E-state index contributed by atoms with van der Waals surface area (Å²) < 4.78 is 0. The van der Waals surface area contributed by atoms with Gasteiger partial charge in [0.2, 0.25) is 0 Å². The lowest BCUT2D eigenvalue weighted by molar-refractivity contribution is 0.608. The van der Waals surface area contributed by atoms with Crippen LogP contribution >= 0.6 is 0 Å². The maximum Gasteiger partial charge on any atom is 0.0273 e. The van der Waals surface area contributed by atoms with E-state index in [9.17, 15) is 0 Å². The molecule has 1 aromatic carbocycles. The monoisotopic (exact) mass is 226 g/mol. The quantitative estimate of drug-likeness (QED) is 0.867. The van der Waals surface area contributed by atoms with Crippen molar-refractivity contribution in [3.05, 3.63) is 54.4 Å². The third-order valence-corrected chi connectivity index (χ3v) is 3.00. The first-order chi connectivity index (χ1) is 8.29. The molecule has 1 unspecified atom stereocenters. The van der Waals surface area contributed by atoms with Crippen molar-refractivity contribution in [1.82, 2.24) is 10.3 Å². The Morgan fingerprint density at radius 2 is 1.59 bits per heavy atom. The lowest BCUT2D eigenvalue weighted by Gasteiger charge is -2.10. The molecular weight excluding hydrogens is 208 g/mol. The minimum atomic E-state index is 0.516. The van der Waals surface area contributed by atoms with Crippen molar-refractivity contribution >= 4 is 0 Å². The van der Waals surface area contributed by atoms with Crippen LogP contribution in [0.15, 0.2) is 48.8 Å². The van der Waals surface area contributed by atoms with E-state index in [4.69, 9.17) is 0 Å². The highest BCUT2D eigenvalue weighted by Crippen LogP contribution is 2.19. The van der Waals surface area contributed by atoms with E-state index in [1.165, 1.54) is 16.7 Å². The second kappa shape index (κ2) is 5.60. The first-order valence-electron chi connectivity index (χ1n) is 5.96. The van der Waals surface area contributed by atoms with Crippen molar-refractivity contribution in [2.24, 2.45) is 0 Å². The number of benzene rings is 1. The van der Waals surface area contributed by atoms with Crippen LogP contribution in [0.1, 0.15) is 12.5 Å². The average Bonchev–Trinajstić information content (AvgIpc) is 2.40. The lowest BCUT2D eigenvalue weighted by Crippen LogP contribution is -2.23. The molecule has 2 rings (SSSR count). The molecule has 0 saturated heterocycles. The van der Waals surface area contributed by atoms with Gasteiger partial charge in [-0.25, -0.2) is 0 Å². The molecule has 1 aromatic heterocycles. The number of hydrogen-bond acceptors (Lipinski definition) is 2. The molecular formula is C15H18N2. The Labute approximate surface area is 103 Å². The molecule has 1 heterocycles. The van der Waals surface area contributed by atoms with Gasteiger partial charge in [-0.15, -0.1) is 0 Å². The Hall–Kier alpha value is -1.67. The van der Waals surface area contributed by atoms with Crippen LogP contribution in [-0.4, -0.2) is 18.1 Å². The normalized spacial score (nSPS) is 12.4. The van der Waals surface area contributed by atoms with Crippen molar-refractivity contribution in [1.29, 1.82) is 0 Å². The predicted octanol–water partition coefficient (Wildman–Crippen LogP) is 2.90. The van der Waals surface area contributed by atoms with Crippen LogP contribution in [-0.2, 0) is 6.42 Å². The number of rotatable bonds is 4. The van der Waals surface area contributed by atoms with E-state index in [1.807, 2.05) is 31.6 Å². The first kappa shape index (κ1) is 11.8. The number of hydrogen-bond donors (Lipinski definition) is 1. The molecule has 0 bridgehead atoms. The largest absolute Gasteiger partial charge is 0.317 e.